The predicted molar refractivity (Wildman–Crippen MR) is 82.9 cm³/mol. The van der Waals surface area contributed by atoms with Gasteiger partial charge in [-0.2, -0.15) is 0 Å². The van der Waals surface area contributed by atoms with E-state index in [-0.39, 0.29) is 0 Å². The first-order chi connectivity index (χ1) is 9.13. The molecule has 3 rings (SSSR count). The number of fused-ring (bicyclic) bond motifs is 1. The third-order valence-electron chi connectivity index (χ3n) is 3.37. The lowest BCUT2D eigenvalue weighted by Crippen LogP contribution is -2.28. The van der Waals surface area contributed by atoms with Gasteiger partial charge in [-0.15, -0.1) is 0 Å². The zero-order valence-electron chi connectivity index (χ0n) is 11.0. The molecule has 1 N–H and O–H groups in total. The van der Waals surface area contributed by atoms with Crippen LogP contribution in [0, 0.1) is 6.92 Å². The molecule has 2 aromatic carbocycles. The summed E-state index contributed by atoms with van der Waals surface area (Å²) >= 11 is 3.50. The minimum atomic E-state index is 0.355. The van der Waals surface area contributed by atoms with Crippen LogP contribution in [0.15, 0.2) is 40.9 Å². The summed E-state index contributed by atoms with van der Waals surface area (Å²) in [6.07, 6.45) is 0. The number of nitrogens with one attached hydrogen (secondary N) is 1. The molecule has 1 unspecified atom stereocenters. The summed E-state index contributed by atoms with van der Waals surface area (Å²) in [6, 6.07) is 13.1. The van der Waals surface area contributed by atoms with Crippen LogP contribution in [0.5, 0.6) is 5.75 Å². The maximum atomic E-state index is 5.71. The van der Waals surface area contributed by atoms with Crippen molar-refractivity contribution in [3.63, 3.8) is 0 Å². The normalized spacial score (nSPS) is 17.3. The van der Waals surface area contributed by atoms with Crippen molar-refractivity contribution >= 4 is 21.6 Å². The molecule has 3 heteroatoms. The Hall–Kier alpha value is -1.48. The molecule has 0 spiro atoms. The molecule has 1 atom stereocenters. The average molecular weight is 318 g/mol. The van der Waals surface area contributed by atoms with E-state index in [1.54, 1.807) is 0 Å². The van der Waals surface area contributed by atoms with Crippen LogP contribution >= 0.6 is 15.9 Å². The summed E-state index contributed by atoms with van der Waals surface area (Å²) in [7, 11) is 0. The van der Waals surface area contributed by atoms with Crippen LogP contribution in [0.2, 0.25) is 0 Å². The van der Waals surface area contributed by atoms with E-state index in [0.29, 0.717) is 6.04 Å². The Kier molecular flexibility index (Phi) is 3.23. The van der Waals surface area contributed by atoms with Gasteiger partial charge >= 0.3 is 0 Å². The minimum Gasteiger partial charge on any atom is -0.489 e. The van der Waals surface area contributed by atoms with Gasteiger partial charge in [-0.1, -0.05) is 28.1 Å². The van der Waals surface area contributed by atoms with Gasteiger partial charge in [-0.25, -0.2) is 0 Å². The number of halogens is 1. The monoisotopic (exact) mass is 317 g/mol. The molecule has 0 aromatic heterocycles. The van der Waals surface area contributed by atoms with E-state index in [2.05, 4.69) is 65.4 Å². The Labute approximate surface area is 121 Å². The third-order valence-corrected chi connectivity index (χ3v) is 3.86. The van der Waals surface area contributed by atoms with Gasteiger partial charge in [0, 0.05) is 4.47 Å². The number of rotatable bonds is 1. The second-order valence-electron chi connectivity index (χ2n) is 5.03. The number of anilines is 1. The lowest BCUT2D eigenvalue weighted by atomic mass is 9.99. The fourth-order valence-electron chi connectivity index (χ4n) is 2.41. The van der Waals surface area contributed by atoms with E-state index in [0.717, 1.165) is 22.5 Å². The lowest BCUT2D eigenvalue weighted by Gasteiger charge is -2.25. The molecule has 19 heavy (non-hydrogen) atoms. The molecule has 2 nitrogen and oxygen atoms in total. The fraction of sp³-hybridized carbons (Fsp3) is 0.250. The van der Waals surface area contributed by atoms with Crippen LogP contribution in [-0.2, 0) is 0 Å². The molecule has 0 bridgehead atoms. The van der Waals surface area contributed by atoms with Crippen LogP contribution in [0.25, 0.3) is 11.1 Å². The summed E-state index contributed by atoms with van der Waals surface area (Å²) in [4.78, 5) is 0. The van der Waals surface area contributed by atoms with Gasteiger partial charge in [0.15, 0.2) is 0 Å². The van der Waals surface area contributed by atoms with Gasteiger partial charge in [-0.3, -0.25) is 0 Å². The third kappa shape index (κ3) is 2.47. The van der Waals surface area contributed by atoms with Crippen molar-refractivity contribution in [1.82, 2.24) is 0 Å². The van der Waals surface area contributed by atoms with Crippen LogP contribution in [0.3, 0.4) is 0 Å². The van der Waals surface area contributed by atoms with E-state index >= 15 is 0 Å². The Balaban J connectivity index is 2.04. The highest BCUT2D eigenvalue weighted by Gasteiger charge is 2.16. The molecular weight excluding hydrogens is 302 g/mol. The highest BCUT2D eigenvalue weighted by Crippen LogP contribution is 2.35. The van der Waals surface area contributed by atoms with E-state index in [1.807, 2.05) is 6.07 Å². The highest BCUT2D eigenvalue weighted by atomic mass is 79.9. The molecule has 0 radical (unpaired) electrons. The van der Waals surface area contributed by atoms with Crippen LogP contribution in [0.4, 0.5) is 5.69 Å². The second-order valence-corrected chi connectivity index (χ2v) is 5.94. The van der Waals surface area contributed by atoms with Crippen molar-refractivity contribution in [3.05, 3.63) is 46.4 Å². The molecular formula is C16H16BrNO. The summed E-state index contributed by atoms with van der Waals surface area (Å²) in [5.74, 6) is 0.941. The molecule has 0 aliphatic carbocycles. The number of hydrogen-bond donors (Lipinski definition) is 1. The van der Waals surface area contributed by atoms with E-state index in [4.69, 9.17) is 4.74 Å². The Morgan fingerprint density at radius 1 is 1.21 bits per heavy atom. The standard InChI is InChI=1S/C16H16BrNO/c1-10-7-13(17)4-5-14(10)12-3-6-16-15(8-12)18-11(2)9-19-16/h3-8,11,18H,9H2,1-2H3. The summed E-state index contributed by atoms with van der Waals surface area (Å²) in [5, 5.41) is 3.47. The quantitative estimate of drug-likeness (QED) is 0.828. The van der Waals surface area contributed by atoms with Crippen molar-refractivity contribution < 1.29 is 4.74 Å². The van der Waals surface area contributed by atoms with Gasteiger partial charge in [0.25, 0.3) is 0 Å². The minimum absolute atomic E-state index is 0.355. The average Bonchev–Trinajstić information content (AvgIpc) is 2.38. The topological polar surface area (TPSA) is 21.3 Å². The molecule has 2 aromatic rings. The molecule has 1 aliphatic heterocycles. The van der Waals surface area contributed by atoms with E-state index < -0.39 is 0 Å². The smallest absolute Gasteiger partial charge is 0.142 e. The maximum Gasteiger partial charge on any atom is 0.142 e. The van der Waals surface area contributed by atoms with Crippen molar-refractivity contribution in [3.8, 4) is 16.9 Å². The van der Waals surface area contributed by atoms with Crippen molar-refractivity contribution in [2.24, 2.45) is 0 Å². The van der Waals surface area contributed by atoms with Gasteiger partial charge < -0.3 is 10.1 Å². The van der Waals surface area contributed by atoms with Gasteiger partial charge in [0.05, 0.1) is 11.7 Å². The highest BCUT2D eigenvalue weighted by molar-refractivity contribution is 9.10. The predicted octanol–water partition coefficient (Wildman–Crippen LogP) is 4.62. The first-order valence-corrected chi connectivity index (χ1v) is 7.23. The summed E-state index contributed by atoms with van der Waals surface area (Å²) in [5.41, 5.74) is 4.82. The van der Waals surface area contributed by atoms with E-state index in [1.165, 1.54) is 16.7 Å². The molecule has 1 aliphatic rings. The lowest BCUT2D eigenvalue weighted by molar-refractivity contribution is 0.292. The molecule has 0 amide bonds. The number of benzene rings is 2. The zero-order chi connectivity index (χ0) is 13.4. The number of hydrogen-bond acceptors (Lipinski definition) is 2. The Morgan fingerprint density at radius 2 is 2.05 bits per heavy atom. The molecule has 98 valence electrons. The number of ether oxygens (including phenoxy) is 1. The maximum absolute atomic E-state index is 5.71. The van der Waals surface area contributed by atoms with Crippen LogP contribution in [-0.4, -0.2) is 12.6 Å². The first kappa shape index (κ1) is 12.5. The molecule has 0 saturated heterocycles. The van der Waals surface area contributed by atoms with E-state index in [9.17, 15) is 0 Å². The summed E-state index contributed by atoms with van der Waals surface area (Å²) in [6.45, 7) is 4.98. The van der Waals surface area contributed by atoms with Crippen molar-refractivity contribution in [1.29, 1.82) is 0 Å². The zero-order valence-corrected chi connectivity index (χ0v) is 12.6. The SMILES string of the molecule is Cc1cc(Br)ccc1-c1ccc2c(c1)NC(C)CO2. The molecule has 0 fully saturated rings. The van der Waals surface area contributed by atoms with Crippen LogP contribution < -0.4 is 10.1 Å². The van der Waals surface area contributed by atoms with Gasteiger partial charge in [0.2, 0.25) is 0 Å². The second kappa shape index (κ2) is 4.89. The Bertz CT molecular complexity index is 624. The van der Waals surface area contributed by atoms with Crippen molar-refractivity contribution in [2.45, 2.75) is 19.9 Å². The molecule has 0 saturated carbocycles. The first-order valence-electron chi connectivity index (χ1n) is 6.43. The largest absolute Gasteiger partial charge is 0.489 e. The Morgan fingerprint density at radius 3 is 2.84 bits per heavy atom. The summed E-state index contributed by atoms with van der Waals surface area (Å²) < 4.78 is 6.82. The van der Waals surface area contributed by atoms with Crippen LogP contribution in [0.1, 0.15) is 12.5 Å². The number of aryl methyl sites for hydroxylation is 1. The van der Waals surface area contributed by atoms with Gasteiger partial charge in [-0.05, 0) is 54.8 Å². The molecule has 1 heterocycles. The van der Waals surface area contributed by atoms with Gasteiger partial charge in [0.1, 0.15) is 12.4 Å². The fourth-order valence-corrected chi connectivity index (χ4v) is 2.88. The van der Waals surface area contributed by atoms with Crippen molar-refractivity contribution in [2.75, 3.05) is 11.9 Å².